The maximum Gasteiger partial charge on any atom is 0.320 e. The summed E-state index contributed by atoms with van der Waals surface area (Å²) in [5, 5.41) is 7.98. The van der Waals surface area contributed by atoms with Gasteiger partial charge in [0.15, 0.2) is 0 Å². The van der Waals surface area contributed by atoms with Gasteiger partial charge in [0.25, 0.3) is 11.1 Å². The van der Waals surface area contributed by atoms with Crippen LogP contribution >= 0.6 is 34.7 Å². The number of hydrogen-bond donors (Lipinski definition) is 0. The first kappa shape index (κ1) is 13.0. The topological polar surface area (TPSA) is 65.2 Å². The summed E-state index contributed by atoms with van der Waals surface area (Å²) in [5.74, 6) is 0.190. The smallest absolute Gasteiger partial charge is 0.320 e. The van der Waals surface area contributed by atoms with E-state index in [1.54, 1.807) is 6.07 Å². The van der Waals surface area contributed by atoms with Crippen molar-refractivity contribution in [1.29, 1.82) is 0 Å². The van der Waals surface area contributed by atoms with Gasteiger partial charge in [0.05, 0.1) is 9.21 Å². The van der Waals surface area contributed by atoms with Crippen LogP contribution in [0.5, 0.6) is 0 Å². The van der Waals surface area contributed by atoms with Crippen LogP contribution in [0.3, 0.4) is 0 Å². The number of esters is 1. The summed E-state index contributed by atoms with van der Waals surface area (Å²) < 4.78 is 11.3. The first-order valence-electron chi connectivity index (χ1n) is 5.58. The number of ether oxygens (including phenoxy) is 1. The summed E-state index contributed by atoms with van der Waals surface area (Å²) in [6, 6.07) is 3.59. The Balaban J connectivity index is 1.73. The number of hydrogen-bond acceptors (Lipinski definition) is 7. The SMILES string of the molecule is C[C@@H]1C[C@H](Sc2nnc(-c3ccc(Cl)s3)o2)C(=O)O1. The number of carbonyl (C=O) groups is 1. The molecule has 1 aliphatic rings. The van der Waals surface area contributed by atoms with E-state index in [4.69, 9.17) is 20.8 Å². The molecule has 1 saturated heterocycles. The normalized spacial score (nSPS) is 22.7. The van der Waals surface area contributed by atoms with E-state index < -0.39 is 0 Å². The molecule has 0 spiro atoms. The lowest BCUT2D eigenvalue weighted by atomic mass is 10.3. The first-order chi connectivity index (χ1) is 9.11. The van der Waals surface area contributed by atoms with Gasteiger partial charge in [-0.15, -0.1) is 21.5 Å². The van der Waals surface area contributed by atoms with Gasteiger partial charge in [-0.3, -0.25) is 4.79 Å². The number of cyclic esters (lactones) is 1. The number of halogens is 1. The molecule has 100 valence electrons. The van der Waals surface area contributed by atoms with Crippen molar-refractivity contribution < 1.29 is 13.9 Å². The van der Waals surface area contributed by atoms with E-state index in [-0.39, 0.29) is 17.3 Å². The van der Waals surface area contributed by atoms with Crippen LogP contribution in [-0.4, -0.2) is 27.5 Å². The van der Waals surface area contributed by atoms with Crippen molar-refractivity contribution in [3.05, 3.63) is 16.5 Å². The van der Waals surface area contributed by atoms with Crippen LogP contribution in [0.2, 0.25) is 4.34 Å². The predicted octanol–water partition coefficient (Wildman–Crippen LogP) is 3.25. The van der Waals surface area contributed by atoms with Gasteiger partial charge >= 0.3 is 5.97 Å². The summed E-state index contributed by atoms with van der Waals surface area (Å²) in [6.07, 6.45) is 0.606. The molecule has 0 aromatic carbocycles. The van der Waals surface area contributed by atoms with Crippen molar-refractivity contribution >= 4 is 40.7 Å². The second kappa shape index (κ2) is 5.15. The molecule has 2 atom stereocenters. The van der Waals surface area contributed by atoms with Crippen molar-refractivity contribution in [3.8, 4) is 10.8 Å². The van der Waals surface area contributed by atoms with Crippen molar-refractivity contribution in [1.82, 2.24) is 10.2 Å². The maximum atomic E-state index is 11.5. The minimum absolute atomic E-state index is 0.0523. The van der Waals surface area contributed by atoms with Crippen molar-refractivity contribution in [2.24, 2.45) is 0 Å². The summed E-state index contributed by atoms with van der Waals surface area (Å²) in [5.41, 5.74) is 0. The third-order valence-electron chi connectivity index (χ3n) is 2.56. The Hall–Kier alpha value is -1.05. The molecule has 1 aliphatic heterocycles. The zero-order valence-electron chi connectivity index (χ0n) is 9.83. The Bertz CT molecular complexity index is 613. The Kier molecular flexibility index (Phi) is 3.51. The number of thiophene rings is 1. The van der Waals surface area contributed by atoms with Crippen molar-refractivity contribution in [3.63, 3.8) is 0 Å². The molecule has 0 bridgehead atoms. The number of thioether (sulfide) groups is 1. The van der Waals surface area contributed by atoms with Crippen LogP contribution in [0.15, 0.2) is 21.8 Å². The fraction of sp³-hybridized carbons (Fsp3) is 0.364. The van der Waals surface area contributed by atoms with Crippen LogP contribution in [-0.2, 0) is 9.53 Å². The Labute approximate surface area is 122 Å². The molecule has 1 fully saturated rings. The number of carbonyl (C=O) groups excluding carboxylic acids is 1. The Morgan fingerprint density at radius 2 is 2.32 bits per heavy atom. The molecule has 2 aromatic heterocycles. The molecular formula is C11H9ClN2O3S2. The molecule has 0 amide bonds. The van der Waals surface area contributed by atoms with Gasteiger partial charge in [0.1, 0.15) is 11.4 Å². The molecule has 0 aliphatic carbocycles. The molecule has 0 saturated carbocycles. The summed E-state index contributed by atoms with van der Waals surface area (Å²) in [7, 11) is 0. The third kappa shape index (κ3) is 2.77. The lowest BCUT2D eigenvalue weighted by Crippen LogP contribution is -2.09. The fourth-order valence-corrected chi connectivity index (χ4v) is 3.67. The van der Waals surface area contributed by atoms with Crippen LogP contribution in [0.1, 0.15) is 13.3 Å². The Morgan fingerprint density at radius 1 is 1.47 bits per heavy atom. The van der Waals surface area contributed by atoms with E-state index in [9.17, 15) is 4.79 Å². The van der Waals surface area contributed by atoms with E-state index in [2.05, 4.69) is 10.2 Å². The summed E-state index contributed by atoms with van der Waals surface area (Å²) >= 11 is 8.46. The maximum absolute atomic E-state index is 11.5. The van der Waals surface area contributed by atoms with E-state index >= 15 is 0 Å². The van der Waals surface area contributed by atoms with Gasteiger partial charge in [-0.25, -0.2) is 0 Å². The van der Waals surface area contributed by atoms with Crippen LogP contribution in [0.4, 0.5) is 0 Å². The molecule has 5 nitrogen and oxygen atoms in total. The minimum Gasteiger partial charge on any atom is -0.462 e. The molecule has 0 unspecified atom stereocenters. The molecule has 0 N–H and O–H groups in total. The molecule has 8 heteroatoms. The van der Waals surface area contributed by atoms with Crippen LogP contribution in [0, 0.1) is 0 Å². The number of nitrogens with zero attached hydrogens (tertiary/aromatic N) is 2. The molecule has 2 aromatic rings. The van der Waals surface area contributed by atoms with Crippen LogP contribution < -0.4 is 0 Å². The lowest BCUT2D eigenvalue weighted by Gasteiger charge is -1.98. The van der Waals surface area contributed by atoms with Gasteiger partial charge in [0.2, 0.25) is 0 Å². The minimum atomic E-state index is -0.268. The molecular weight excluding hydrogens is 308 g/mol. The molecule has 19 heavy (non-hydrogen) atoms. The van der Waals surface area contributed by atoms with Crippen molar-refractivity contribution in [2.45, 2.75) is 29.9 Å². The first-order valence-corrected chi connectivity index (χ1v) is 7.65. The highest BCUT2D eigenvalue weighted by atomic mass is 35.5. The van der Waals surface area contributed by atoms with Gasteiger partial charge in [-0.05, 0) is 30.8 Å². The average molecular weight is 317 g/mol. The highest BCUT2D eigenvalue weighted by Gasteiger charge is 2.34. The zero-order chi connectivity index (χ0) is 13.4. The highest BCUT2D eigenvalue weighted by Crippen LogP contribution is 2.35. The van der Waals surface area contributed by atoms with Gasteiger partial charge in [-0.1, -0.05) is 11.6 Å². The third-order valence-corrected chi connectivity index (χ3v) is 4.81. The highest BCUT2D eigenvalue weighted by molar-refractivity contribution is 8.00. The summed E-state index contributed by atoms with van der Waals surface area (Å²) in [6.45, 7) is 1.87. The second-order valence-electron chi connectivity index (χ2n) is 4.07. The standard InChI is InChI=1S/C11H9ClN2O3S2/c1-5-4-7(10(15)16-5)19-11-14-13-9(17-11)6-2-3-8(12)18-6/h2-3,5,7H,4H2,1H3/t5-,7+/m1/s1. The van der Waals surface area contributed by atoms with E-state index in [1.165, 1.54) is 23.1 Å². The summed E-state index contributed by atoms with van der Waals surface area (Å²) in [4.78, 5) is 12.3. The molecule has 0 radical (unpaired) electrons. The van der Waals surface area contributed by atoms with Gasteiger partial charge in [0, 0.05) is 6.42 Å². The van der Waals surface area contributed by atoms with Gasteiger partial charge in [-0.2, -0.15) is 0 Å². The predicted molar refractivity (Wildman–Crippen MR) is 72.4 cm³/mol. The van der Waals surface area contributed by atoms with E-state index in [0.717, 1.165) is 4.88 Å². The molecule has 3 heterocycles. The average Bonchev–Trinajstić information content (AvgIpc) is 3.02. The van der Waals surface area contributed by atoms with Crippen LogP contribution in [0.25, 0.3) is 10.8 Å². The van der Waals surface area contributed by atoms with Crippen molar-refractivity contribution in [2.75, 3.05) is 0 Å². The van der Waals surface area contributed by atoms with Gasteiger partial charge < -0.3 is 9.15 Å². The van der Waals surface area contributed by atoms with E-state index in [1.807, 2.05) is 13.0 Å². The lowest BCUT2D eigenvalue weighted by molar-refractivity contribution is -0.140. The fourth-order valence-electron chi connectivity index (χ4n) is 1.72. The monoisotopic (exact) mass is 316 g/mol. The Morgan fingerprint density at radius 3 is 2.95 bits per heavy atom. The number of aromatic nitrogens is 2. The molecule has 3 rings (SSSR count). The van der Waals surface area contributed by atoms with E-state index in [0.29, 0.717) is 21.9 Å². The zero-order valence-corrected chi connectivity index (χ0v) is 12.2. The quantitative estimate of drug-likeness (QED) is 0.810. The largest absolute Gasteiger partial charge is 0.462 e. The number of rotatable bonds is 3. The second-order valence-corrected chi connectivity index (χ2v) is 6.94.